The summed E-state index contributed by atoms with van der Waals surface area (Å²) in [6, 6.07) is 1.47. The largest absolute Gasteiger partial charge is 0.486 e. The van der Waals surface area contributed by atoms with Crippen LogP contribution in [0.4, 0.5) is 4.39 Å². The second-order valence-corrected chi connectivity index (χ2v) is 5.07. The molecule has 0 atom stereocenters. The number of hydrogen-bond acceptors (Lipinski definition) is 2. The maximum atomic E-state index is 13.6. The third-order valence-corrected chi connectivity index (χ3v) is 2.41. The molecule has 1 aromatic heterocycles. The van der Waals surface area contributed by atoms with Gasteiger partial charge in [0, 0.05) is 11.1 Å². The molecular formula is C12H16FNO. The first-order chi connectivity index (χ1) is 6.97. The Morgan fingerprint density at radius 3 is 2.53 bits per heavy atom. The molecule has 0 aliphatic heterocycles. The zero-order valence-corrected chi connectivity index (χ0v) is 9.38. The van der Waals surface area contributed by atoms with E-state index in [0.29, 0.717) is 0 Å². The molecule has 2 nitrogen and oxygen atoms in total. The van der Waals surface area contributed by atoms with Crippen LogP contribution in [-0.4, -0.2) is 11.1 Å². The van der Waals surface area contributed by atoms with Gasteiger partial charge in [-0.25, -0.2) is 4.39 Å². The Labute approximate surface area is 89.5 Å². The molecule has 82 valence electrons. The molecule has 15 heavy (non-hydrogen) atoms. The van der Waals surface area contributed by atoms with E-state index in [9.17, 15) is 4.39 Å². The fourth-order valence-corrected chi connectivity index (χ4v) is 1.28. The van der Waals surface area contributed by atoms with E-state index >= 15 is 0 Å². The van der Waals surface area contributed by atoms with E-state index in [1.165, 1.54) is 12.3 Å². The SMILES string of the molecule is CC(C)(C)c1cc(F)c(OC2CC2)cn1. The van der Waals surface area contributed by atoms with Gasteiger partial charge in [0.2, 0.25) is 0 Å². The van der Waals surface area contributed by atoms with Crippen molar-refractivity contribution >= 4 is 0 Å². The fourth-order valence-electron chi connectivity index (χ4n) is 1.28. The van der Waals surface area contributed by atoms with Crippen molar-refractivity contribution in [3.63, 3.8) is 0 Å². The third-order valence-electron chi connectivity index (χ3n) is 2.41. The molecule has 1 aliphatic carbocycles. The Balaban J connectivity index is 2.21. The molecule has 1 saturated carbocycles. The van der Waals surface area contributed by atoms with E-state index in [0.717, 1.165) is 18.5 Å². The number of halogens is 1. The Morgan fingerprint density at radius 1 is 1.40 bits per heavy atom. The second-order valence-electron chi connectivity index (χ2n) is 5.07. The van der Waals surface area contributed by atoms with Crippen LogP contribution in [0.25, 0.3) is 0 Å². The van der Waals surface area contributed by atoms with Crippen LogP contribution < -0.4 is 4.74 Å². The summed E-state index contributed by atoms with van der Waals surface area (Å²) in [5, 5.41) is 0. The Kier molecular flexibility index (Phi) is 2.41. The van der Waals surface area contributed by atoms with Gasteiger partial charge < -0.3 is 4.74 Å². The quantitative estimate of drug-likeness (QED) is 0.746. The highest BCUT2D eigenvalue weighted by molar-refractivity contribution is 5.26. The van der Waals surface area contributed by atoms with Crippen molar-refractivity contribution in [3.8, 4) is 5.75 Å². The summed E-state index contributed by atoms with van der Waals surface area (Å²) < 4.78 is 19.0. The van der Waals surface area contributed by atoms with Crippen LogP contribution in [0.1, 0.15) is 39.3 Å². The van der Waals surface area contributed by atoms with E-state index in [-0.39, 0.29) is 23.1 Å². The van der Waals surface area contributed by atoms with Crippen molar-refractivity contribution in [2.75, 3.05) is 0 Å². The molecule has 1 heterocycles. The number of ether oxygens (including phenoxy) is 1. The monoisotopic (exact) mass is 209 g/mol. The predicted octanol–water partition coefficient (Wildman–Crippen LogP) is 3.06. The zero-order valence-electron chi connectivity index (χ0n) is 9.38. The minimum Gasteiger partial charge on any atom is -0.486 e. The highest BCUT2D eigenvalue weighted by atomic mass is 19.1. The topological polar surface area (TPSA) is 22.1 Å². The van der Waals surface area contributed by atoms with Crippen LogP contribution in [0.15, 0.2) is 12.3 Å². The summed E-state index contributed by atoms with van der Waals surface area (Å²) in [7, 11) is 0. The van der Waals surface area contributed by atoms with Crippen molar-refractivity contribution in [2.45, 2.75) is 45.1 Å². The van der Waals surface area contributed by atoms with Crippen LogP contribution in [0.5, 0.6) is 5.75 Å². The molecule has 0 bridgehead atoms. The van der Waals surface area contributed by atoms with E-state index in [1.807, 2.05) is 20.8 Å². The minimum atomic E-state index is -0.304. The summed E-state index contributed by atoms with van der Waals surface area (Å²) in [4.78, 5) is 4.23. The first-order valence-electron chi connectivity index (χ1n) is 5.29. The Hall–Kier alpha value is -1.12. The lowest BCUT2D eigenvalue weighted by Gasteiger charge is -2.18. The maximum absolute atomic E-state index is 13.6. The van der Waals surface area contributed by atoms with Gasteiger partial charge in [-0.2, -0.15) is 0 Å². The zero-order chi connectivity index (χ0) is 11.1. The Morgan fingerprint density at radius 2 is 2.07 bits per heavy atom. The van der Waals surface area contributed by atoms with E-state index in [2.05, 4.69) is 4.98 Å². The molecule has 0 aromatic carbocycles. The van der Waals surface area contributed by atoms with Gasteiger partial charge in [0.1, 0.15) is 0 Å². The van der Waals surface area contributed by atoms with Gasteiger partial charge in [0.05, 0.1) is 12.3 Å². The van der Waals surface area contributed by atoms with Crippen LogP contribution in [0, 0.1) is 5.82 Å². The van der Waals surface area contributed by atoms with E-state index < -0.39 is 0 Å². The molecular weight excluding hydrogens is 193 g/mol. The second kappa shape index (κ2) is 3.47. The predicted molar refractivity (Wildman–Crippen MR) is 56.5 cm³/mol. The summed E-state index contributed by atoms with van der Waals surface area (Å²) in [5.41, 5.74) is 0.627. The summed E-state index contributed by atoms with van der Waals surface area (Å²) >= 11 is 0. The van der Waals surface area contributed by atoms with Crippen molar-refractivity contribution < 1.29 is 9.13 Å². The molecule has 0 saturated heterocycles. The van der Waals surface area contributed by atoms with Crippen molar-refractivity contribution in [1.82, 2.24) is 4.98 Å². The average molecular weight is 209 g/mol. The van der Waals surface area contributed by atoms with Gasteiger partial charge in [-0.3, -0.25) is 4.98 Å². The number of aromatic nitrogens is 1. The summed E-state index contributed by atoms with van der Waals surface area (Å²) in [6.07, 6.45) is 3.76. The molecule has 0 amide bonds. The smallest absolute Gasteiger partial charge is 0.173 e. The lowest BCUT2D eigenvalue weighted by Crippen LogP contribution is -2.14. The molecule has 0 N–H and O–H groups in total. The fraction of sp³-hybridized carbons (Fsp3) is 0.583. The third kappa shape index (κ3) is 2.46. The van der Waals surface area contributed by atoms with Crippen molar-refractivity contribution in [2.24, 2.45) is 0 Å². The van der Waals surface area contributed by atoms with Crippen LogP contribution in [0.2, 0.25) is 0 Å². The summed E-state index contributed by atoms with van der Waals surface area (Å²) in [6.45, 7) is 6.03. The van der Waals surface area contributed by atoms with Gasteiger partial charge >= 0.3 is 0 Å². The van der Waals surface area contributed by atoms with Crippen molar-refractivity contribution in [3.05, 3.63) is 23.8 Å². The molecule has 1 aliphatic rings. The van der Waals surface area contributed by atoms with E-state index in [4.69, 9.17) is 4.74 Å². The highest BCUT2D eigenvalue weighted by Gasteiger charge is 2.25. The van der Waals surface area contributed by atoms with Crippen molar-refractivity contribution in [1.29, 1.82) is 0 Å². The standard InChI is InChI=1S/C12H16FNO/c1-12(2,3)11-6-9(13)10(7-14-11)15-8-4-5-8/h6-8H,4-5H2,1-3H3. The number of hydrogen-bond donors (Lipinski definition) is 0. The van der Waals surface area contributed by atoms with Gasteiger partial charge in [-0.05, 0) is 18.9 Å². The van der Waals surface area contributed by atoms with Gasteiger partial charge in [0.15, 0.2) is 11.6 Å². The maximum Gasteiger partial charge on any atom is 0.173 e. The van der Waals surface area contributed by atoms with Crippen LogP contribution in [-0.2, 0) is 5.41 Å². The van der Waals surface area contributed by atoms with Gasteiger partial charge in [0.25, 0.3) is 0 Å². The van der Waals surface area contributed by atoms with Gasteiger partial charge in [-0.15, -0.1) is 0 Å². The summed E-state index contributed by atoms with van der Waals surface area (Å²) in [5.74, 6) is -0.0210. The molecule has 1 fully saturated rings. The highest BCUT2D eigenvalue weighted by Crippen LogP contribution is 2.30. The molecule has 0 radical (unpaired) electrons. The first kappa shape index (κ1) is 10.4. The molecule has 0 spiro atoms. The number of pyridine rings is 1. The number of nitrogens with zero attached hydrogens (tertiary/aromatic N) is 1. The first-order valence-corrected chi connectivity index (χ1v) is 5.29. The van der Waals surface area contributed by atoms with Crippen LogP contribution >= 0.6 is 0 Å². The Bertz CT molecular complexity index is 366. The lowest BCUT2D eigenvalue weighted by molar-refractivity contribution is 0.285. The lowest BCUT2D eigenvalue weighted by atomic mass is 9.92. The van der Waals surface area contributed by atoms with Crippen LogP contribution in [0.3, 0.4) is 0 Å². The minimum absolute atomic E-state index is 0.126. The average Bonchev–Trinajstić information content (AvgIpc) is 2.90. The number of rotatable bonds is 2. The molecule has 0 unspecified atom stereocenters. The van der Waals surface area contributed by atoms with E-state index in [1.54, 1.807) is 0 Å². The molecule has 2 rings (SSSR count). The molecule has 1 aromatic rings. The molecule has 3 heteroatoms. The van der Waals surface area contributed by atoms with Gasteiger partial charge in [-0.1, -0.05) is 20.8 Å². The normalized spacial score (nSPS) is 16.5.